The van der Waals surface area contributed by atoms with Crippen molar-refractivity contribution in [1.82, 2.24) is 25.5 Å². The maximum absolute atomic E-state index is 4.23. The lowest BCUT2D eigenvalue weighted by molar-refractivity contribution is 0.729. The van der Waals surface area contributed by atoms with Gasteiger partial charge in [-0.2, -0.15) is 0 Å². The first-order valence-electron chi connectivity index (χ1n) is 5.46. The molecule has 90 valence electrons. The van der Waals surface area contributed by atoms with Gasteiger partial charge in [0.15, 0.2) is 0 Å². The maximum atomic E-state index is 4.23. The summed E-state index contributed by atoms with van der Waals surface area (Å²) in [5, 5.41) is 11.0. The third-order valence-corrected chi connectivity index (χ3v) is 2.99. The average molecular weight is 249 g/mol. The number of nitrogens with zero attached hydrogens (tertiary/aromatic N) is 3. The van der Waals surface area contributed by atoms with E-state index in [4.69, 9.17) is 0 Å². The van der Waals surface area contributed by atoms with Gasteiger partial charge in [0.2, 0.25) is 5.16 Å². The van der Waals surface area contributed by atoms with Gasteiger partial charge in [-0.15, -0.1) is 5.10 Å². The summed E-state index contributed by atoms with van der Waals surface area (Å²) in [4.78, 5) is 8.29. The summed E-state index contributed by atoms with van der Waals surface area (Å²) in [6, 6.07) is 4.01. The first kappa shape index (κ1) is 12.1. The Morgan fingerprint density at radius 3 is 3.12 bits per heavy atom. The Kier molecular flexibility index (Phi) is 4.52. The highest BCUT2D eigenvalue weighted by molar-refractivity contribution is 7.99. The molecular weight excluding hydrogens is 234 g/mol. The number of aromatic amines is 1. The number of pyridine rings is 1. The fourth-order valence-corrected chi connectivity index (χ4v) is 2.08. The van der Waals surface area contributed by atoms with Crippen molar-refractivity contribution >= 4 is 11.8 Å². The summed E-state index contributed by atoms with van der Waals surface area (Å²) in [6.45, 7) is 3.67. The summed E-state index contributed by atoms with van der Waals surface area (Å²) in [5.74, 6) is 1.81. The normalized spacial score (nSPS) is 10.6. The molecule has 0 spiro atoms. The Bertz CT molecular complexity index is 442. The minimum atomic E-state index is 0.811. The third kappa shape index (κ3) is 4.16. The van der Waals surface area contributed by atoms with Gasteiger partial charge in [-0.3, -0.25) is 10.1 Å². The van der Waals surface area contributed by atoms with Crippen molar-refractivity contribution in [2.45, 2.75) is 18.6 Å². The fourth-order valence-electron chi connectivity index (χ4n) is 1.34. The van der Waals surface area contributed by atoms with Gasteiger partial charge >= 0.3 is 0 Å². The maximum Gasteiger partial charge on any atom is 0.208 e. The van der Waals surface area contributed by atoms with Crippen LogP contribution in [-0.2, 0) is 6.54 Å². The van der Waals surface area contributed by atoms with Crippen LogP contribution in [0.2, 0.25) is 0 Å². The number of aromatic nitrogens is 4. The van der Waals surface area contributed by atoms with Crippen LogP contribution in [0.25, 0.3) is 0 Å². The van der Waals surface area contributed by atoms with Gasteiger partial charge < -0.3 is 5.32 Å². The zero-order valence-corrected chi connectivity index (χ0v) is 10.5. The van der Waals surface area contributed by atoms with Gasteiger partial charge in [0, 0.05) is 31.2 Å². The lowest BCUT2D eigenvalue weighted by atomic mass is 10.3. The number of thioether (sulfide) groups is 1. The van der Waals surface area contributed by atoms with E-state index in [1.807, 2.05) is 19.2 Å². The first-order valence-corrected chi connectivity index (χ1v) is 6.44. The van der Waals surface area contributed by atoms with Crippen molar-refractivity contribution in [3.05, 3.63) is 35.9 Å². The molecule has 0 atom stereocenters. The number of aryl methyl sites for hydroxylation is 1. The van der Waals surface area contributed by atoms with Gasteiger partial charge in [-0.1, -0.05) is 17.8 Å². The average Bonchev–Trinajstić information content (AvgIpc) is 2.76. The molecule has 0 saturated heterocycles. The molecule has 2 aromatic rings. The predicted molar refractivity (Wildman–Crippen MR) is 67.8 cm³/mol. The molecule has 0 radical (unpaired) electrons. The molecule has 2 N–H and O–H groups in total. The molecule has 2 aromatic heterocycles. The van der Waals surface area contributed by atoms with Gasteiger partial charge in [0.1, 0.15) is 5.82 Å². The zero-order valence-electron chi connectivity index (χ0n) is 9.68. The molecule has 5 nitrogen and oxygen atoms in total. The van der Waals surface area contributed by atoms with Crippen molar-refractivity contribution in [3.63, 3.8) is 0 Å². The second-order valence-corrected chi connectivity index (χ2v) is 4.65. The SMILES string of the molecule is Cc1nc(SCCNCc2cccnc2)n[nH]1. The number of hydrogen-bond acceptors (Lipinski definition) is 5. The van der Waals surface area contributed by atoms with E-state index in [1.54, 1.807) is 18.0 Å². The molecule has 0 fully saturated rings. The van der Waals surface area contributed by atoms with Gasteiger partial charge in [0.05, 0.1) is 0 Å². The van der Waals surface area contributed by atoms with Gasteiger partial charge in [0.25, 0.3) is 0 Å². The highest BCUT2D eigenvalue weighted by atomic mass is 32.2. The Morgan fingerprint density at radius 1 is 1.47 bits per heavy atom. The lowest BCUT2D eigenvalue weighted by Gasteiger charge is -2.02. The van der Waals surface area contributed by atoms with Crippen LogP contribution in [-0.4, -0.2) is 32.5 Å². The number of hydrogen-bond donors (Lipinski definition) is 2. The second kappa shape index (κ2) is 6.36. The van der Waals surface area contributed by atoms with Crippen molar-refractivity contribution in [3.8, 4) is 0 Å². The highest BCUT2D eigenvalue weighted by Gasteiger charge is 1.99. The minimum absolute atomic E-state index is 0.811. The van der Waals surface area contributed by atoms with Crippen LogP contribution in [0.1, 0.15) is 11.4 Å². The second-order valence-electron chi connectivity index (χ2n) is 3.59. The Morgan fingerprint density at radius 2 is 2.41 bits per heavy atom. The van der Waals surface area contributed by atoms with Crippen molar-refractivity contribution in [2.75, 3.05) is 12.3 Å². The van der Waals surface area contributed by atoms with E-state index < -0.39 is 0 Å². The quantitative estimate of drug-likeness (QED) is 0.598. The smallest absolute Gasteiger partial charge is 0.208 e. The van der Waals surface area contributed by atoms with Crippen LogP contribution in [0, 0.1) is 6.92 Å². The number of rotatable bonds is 6. The van der Waals surface area contributed by atoms with Gasteiger partial charge in [-0.25, -0.2) is 4.98 Å². The lowest BCUT2D eigenvalue weighted by Crippen LogP contribution is -2.16. The van der Waals surface area contributed by atoms with Crippen LogP contribution in [0.3, 0.4) is 0 Å². The van der Waals surface area contributed by atoms with E-state index in [2.05, 4.69) is 31.5 Å². The molecule has 17 heavy (non-hydrogen) atoms. The van der Waals surface area contributed by atoms with E-state index in [-0.39, 0.29) is 0 Å². The molecule has 2 rings (SSSR count). The van der Waals surface area contributed by atoms with Crippen molar-refractivity contribution < 1.29 is 0 Å². The Labute approximate surface area is 104 Å². The van der Waals surface area contributed by atoms with Crippen LogP contribution in [0.4, 0.5) is 0 Å². The standard InChI is InChI=1S/C11H15N5S/c1-9-14-11(16-15-9)17-6-5-13-8-10-3-2-4-12-7-10/h2-4,7,13H,5-6,8H2,1H3,(H,14,15,16). The highest BCUT2D eigenvalue weighted by Crippen LogP contribution is 2.10. The third-order valence-electron chi connectivity index (χ3n) is 2.14. The molecular formula is C11H15N5S. The molecule has 0 aromatic carbocycles. The van der Waals surface area contributed by atoms with Crippen LogP contribution >= 0.6 is 11.8 Å². The molecule has 0 saturated carbocycles. The monoisotopic (exact) mass is 249 g/mol. The van der Waals surface area contributed by atoms with E-state index >= 15 is 0 Å². The Balaban J connectivity index is 1.61. The predicted octanol–water partition coefficient (Wildman–Crippen LogP) is 1.39. The summed E-state index contributed by atoms with van der Waals surface area (Å²) >= 11 is 1.64. The van der Waals surface area contributed by atoms with Crippen LogP contribution in [0.15, 0.2) is 29.7 Å². The molecule has 0 aliphatic heterocycles. The summed E-state index contributed by atoms with van der Waals surface area (Å²) < 4.78 is 0. The summed E-state index contributed by atoms with van der Waals surface area (Å²) in [7, 11) is 0. The molecule has 0 bridgehead atoms. The molecule has 0 unspecified atom stereocenters. The van der Waals surface area contributed by atoms with E-state index in [1.165, 1.54) is 5.56 Å². The van der Waals surface area contributed by atoms with Crippen molar-refractivity contribution in [2.24, 2.45) is 0 Å². The fraction of sp³-hybridized carbons (Fsp3) is 0.364. The number of nitrogens with one attached hydrogen (secondary N) is 2. The largest absolute Gasteiger partial charge is 0.312 e. The molecule has 0 amide bonds. The minimum Gasteiger partial charge on any atom is -0.312 e. The Hall–Kier alpha value is -1.40. The molecule has 6 heteroatoms. The van der Waals surface area contributed by atoms with Crippen molar-refractivity contribution in [1.29, 1.82) is 0 Å². The van der Waals surface area contributed by atoms with Gasteiger partial charge in [-0.05, 0) is 18.6 Å². The molecule has 2 heterocycles. The first-order chi connectivity index (χ1) is 8.34. The summed E-state index contributed by atoms with van der Waals surface area (Å²) in [6.07, 6.45) is 3.66. The van der Waals surface area contributed by atoms with Crippen LogP contribution in [0.5, 0.6) is 0 Å². The topological polar surface area (TPSA) is 66.5 Å². The molecule has 0 aliphatic rings. The van der Waals surface area contributed by atoms with Crippen LogP contribution < -0.4 is 5.32 Å². The summed E-state index contributed by atoms with van der Waals surface area (Å²) in [5.41, 5.74) is 1.20. The van der Waals surface area contributed by atoms with E-state index in [0.29, 0.717) is 0 Å². The van der Waals surface area contributed by atoms with E-state index in [9.17, 15) is 0 Å². The molecule has 0 aliphatic carbocycles. The zero-order chi connectivity index (χ0) is 11.9. The van der Waals surface area contributed by atoms with E-state index in [0.717, 1.165) is 29.8 Å². The number of H-pyrrole nitrogens is 1.